The summed E-state index contributed by atoms with van der Waals surface area (Å²) < 4.78 is 0. The van der Waals surface area contributed by atoms with Gasteiger partial charge < -0.3 is 10.0 Å². The molecule has 0 spiro atoms. The fourth-order valence-corrected chi connectivity index (χ4v) is 2.58. The number of likely N-dealkylation sites (tertiary alicyclic amines) is 1. The molecule has 1 amide bonds. The molecule has 2 rings (SSSR count). The van der Waals surface area contributed by atoms with Crippen LogP contribution < -0.4 is 0 Å². The molecule has 0 aromatic heterocycles. The molecular weight excluding hydrogens is 250 g/mol. The predicted octanol–water partition coefficient (Wildman–Crippen LogP) is 3.31. The largest absolute Gasteiger partial charge is 0.507 e. The first-order valence-electron chi connectivity index (χ1n) is 6.28. The van der Waals surface area contributed by atoms with E-state index >= 15 is 0 Å². The van der Waals surface area contributed by atoms with E-state index in [0.29, 0.717) is 16.5 Å². The van der Waals surface area contributed by atoms with Crippen LogP contribution in [-0.4, -0.2) is 28.5 Å². The second kappa shape index (κ2) is 5.19. The molecule has 1 aromatic rings. The van der Waals surface area contributed by atoms with E-state index in [9.17, 15) is 9.90 Å². The van der Waals surface area contributed by atoms with Crippen molar-refractivity contribution in [3.8, 4) is 5.75 Å². The van der Waals surface area contributed by atoms with Crippen molar-refractivity contribution < 1.29 is 9.90 Å². The minimum Gasteiger partial charge on any atom is -0.507 e. The summed E-state index contributed by atoms with van der Waals surface area (Å²) in [6, 6.07) is 4.86. The van der Waals surface area contributed by atoms with Crippen molar-refractivity contribution in [2.75, 3.05) is 6.54 Å². The van der Waals surface area contributed by atoms with Gasteiger partial charge in [0.1, 0.15) is 5.75 Å². The molecule has 3 nitrogen and oxygen atoms in total. The van der Waals surface area contributed by atoms with Crippen molar-refractivity contribution >= 4 is 17.5 Å². The van der Waals surface area contributed by atoms with E-state index in [-0.39, 0.29) is 17.7 Å². The van der Waals surface area contributed by atoms with E-state index in [4.69, 9.17) is 11.6 Å². The third-order valence-electron chi connectivity index (χ3n) is 3.57. The number of carbonyl (C=O) groups is 1. The number of carbonyl (C=O) groups excluding carboxylic acids is 1. The van der Waals surface area contributed by atoms with Crippen LogP contribution in [0.25, 0.3) is 0 Å². The average molecular weight is 268 g/mol. The monoisotopic (exact) mass is 267 g/mol. The minimum atomic E-state index is -0.108. The van der Waals surface area contributed by atoms with Crippen LogP contribution in [0, 0.1) is 5.92 Å². The Morgan fingerprint density at radius 3 is 2.78 bits per heavy atom. The van der Waals surface area contributed by atoms with Gasteiger partial charge in [-0.25, -0.2) is 0 Å². The Kier molecular flexibility index (Phi) is 3.81. The summed E-state index contributed by atoms with van der Waals surface area (Å²) >= 11 is 5.77. The average Bonchev–Trinajstić information content (AvgIpc) is 2.31. The van der Waals surface area contributed by atoms with E-state index < -0.39 is 0 Å². The number of halogens is 1. The summed E-state index contributed by atoms with van der Waals surface area (Å²) in [7, 11) is 0. The van der Waals surface area contributed by atoms with E-state index in [1.54, 1.807) is 12.1 Å². The van der Waals surface area contributed by atoms with Crippen molar-refractivity contribution in [1.29, 1.82) is 0 Å². The quantitative estimate of drug-likeness (QED) is 0.848. The van der Waals surface area contributed by atoms with Crippen LogP contribution in [0.15, 0.2) is 18.2 Å². The van der Waals surface area contributed by atoms with Gasteiger partial charge >= 0.3 is 0 Å². The SMILES string of the molecule is CC1CCC(C)N(C(=O)c2ccc(Cl)cc2O)C1. The standard InChI is InChI=1S/C14H18ClNO2/c1-9-3-4-10(2)16(8-9)14(18)12-6-5-11(15)7-13(12)17/h5-7,9-10,17H,3-4,8H2,1-2H3. The van der Waals surface area contributed by atoms with Gasteiger partial charge in [-0.15, -0.1) is 0 Å². The molecule has 1 N–H and O–H groups in total. The number of hydrogen-bond donors (Lipinski definition) is 1. The Balaban J connectivity index is 2.24. The number of phenolic OH excluding ortho intramolecular Hbond substituents is 1. The zero-order chi connectivity index (χ0) is 13.3. The number of piperidine rings is 1. The first kappa shape index (κ1) is 13.2. The fraction of sp³-hybridized carbons (Fsp3) is 0.500. The Labute approximate surface area is 112 Å². The predicted molar refractivity (Wildman–Crippen MR) is 72.0 cm³/mol. The fourth-order valence-electron chi connectivity index (χ4n) is 2.41. The molecule has 98 valence electrons. The molecule has 2 atom stereocenters. The van der Waals surface area contributed by atoms with Gasteiger partial charge in [-0.1, -0.05) is 18.5 Å². The van der Waals surface area contributed by atoms with Crippen molar-refractivity contribution in [2.45, 2.75) is 32.7 Å². The maximum atomic E-state index is 12.4. The Morgan fingerprint density at radius 1 is 1.39 bits per heavy atom. The lowest BCUT2D eigenvalue weighted by molar-refractivity contribution is 0.0571. The molecule has 0 saturated carbocycles. The molecule has 4 heteroatoms. The summed E-state index contributed by atoms with van der Waals surface area (Å²) in [5.74, 6) is 0.362. The van der Waals surface area contributed by atoms with Crippen molar-refractivity contribution in [3.05, 3.63) is 28.8 Å². The van der Waals surface area contributed by atoms with E-state index in [1.807, 2.05) is 4.90 Å². The van der Waals surface area contributed by atoms with Gasteiger partial charge in [0.15, 0.2) is 0 Å². The Bertz CT molecular complexity index is 461. The van der Waals surface area contributed by atoms with Crippen molar-refractivity contribution in [2.24, 2.45) is 5.92 Å². The number of benzene rings is 1. The van der Waals surface area contributed by atoms with Crippen LogP contribution in [0.2, 0.25) is 5.02 Å². The van der Waals surface area contributed by atoms with Crippen LogP contribution in [-0.2, 0) is 0 Å². The maximum Gasteiger partial charge on any atom is 0.257 e. The Hall–Kier alpha value is -1.22. The topological polar surface area (TPSA) is 40.5 Å². The third-order valence-corrected chi connectivity index (χ3v) is 3.80. The van der Waals surface area contributed by atoms with Crippen molar-refractivity contribution in [1.82, 2.24) is 4.90 Å². The smallest absolute Gasteiger partial charge is 0.257 e. The molecule has 1 aliphatic heterocycles. The molecule has 1 fully saturated rings. The van der Waals surface area contributed by atoms with E-state index in [2.05, 4.69) is 13.8 Å². The van der Waals surface area contributed by atoms with Gasteiger partial charge in [0.25, 0.3) is 5.91 Å². The molecule has 0 aliphatic carbocycles. The van der Waals surface area contributed by atoms with E-state index in [0.717, 1.165) is 19.4 Å². The van der Waals surface area contributed by atoms with Gasteiger partial charge in [-0.3, -0.25) is 4.79 Å². The van der Waals surface area contributed by atoms with Crippen LogP contribution in [0.3, 0.4) is 0 Å². The summed E-state index contributed by atoms with van der Waals surface area (Å²) in [5, 5.41) is 10.2. The molecular formula is C14H18ClNO2. The van der Waals surface area contributed by atoms with Gasteiger partial charge in [0.05, 0.1) is 5.56 Å². The number of phenols is 1. The highest BCUT2D eigenvalue weighted by Crippen LogP contribution is 2.27. The van der Waals surface area contributed by atoms with Gasteiger partial charge in [0, 0.05) is 17.6 Å². The molecule has 0 radical (unpaired) electrons. The lowest BCUT2D eigenvalue weighted by atomic mass is 9.94. The first-order chi connectivity index (χ1) is 8.49. The molecule has 0 bridgehead atoms. The number of aromatic hydroxyl groups is 1. The maximum absolute atomic E-state index is 12.4. The number of hydrogen-bond acceptors (Lipinski definition) is 2. The second-order valence-corrected chi connectivity index (χ2v) is 5.59. The number of nitrogens with zero attached hydrogens (tertiary/aromatic N) is 1. The number of rotatable bonds is 1. The summed E-state index contributed by atoms with van der Waals surface area (Å²) in [4.78, 5) is 14.3. The van der Waals surface area contributed by atoms with Gasteiger partial charge in [-0.05, 0) is 43.9 Å². The molecule has 1 heterocycles. The van der Waals surface area contributed by atoms with Crippen LogP contribution >= 0.6 is 11.6 Å². The molecule has 1 aromatic carbocycles. The normalized spacial score (nSPS) is 24.1. The lowest BCUT2D eigenvalue weighted by Crippen LogP contribution is -2.44. The minimum absolute atomic E-state index is 0.0436. The summed E-state index contributed by atoms with van der Waals surface area (Å²) in [6.07, 6.45) is 2.17. The van der Waals surface area contributed by atoms with Crippen LogP contribution in [0.5, 0.6) is 5.75 Å². The third kappa shape index (κ3) is 2.61. The zero-order valence-electron chi connectivity index (χ0n) is 10.7. The van der Waals surface area contributed by atoms with Gasteiger partial charge in [-0.2, -0.15) is 0 Å². The Morgan fingerprint density at radius 2 is 2.11 bits per heavy atom. The van der Waals surface area contributed by atoms with Crippen LogP contribution in [0.1, 0.15) is 37.0 Å². The lowest BCUT2D eigenvalue weighted by Gasteiger charge is -2.37. The summed E-state index contributed by atoms with van der Waals surface area (Å²) in [5.41, 5.74) is 0.334. The molecule has 2 unspecified atom stereocenters. The molecule has 18 heavy (non-hydrogen) atoms. The molecule has 1 saturated heterocycles. The molecule has 1 aliphatic rings. The second-order valence-electron chi connectivity index (χ2n) is 5.15. The highest BCUT2D eigenvalue weighted by Gasteiger charge is 2.28. The van der Waals surface area contributed by atoms with Gasteiger partial charge in [0.2, 0.25) is 0 Å². The van der Waals surface area contributed by atoms with Crippen LogP contribution in [0.4, 0.5) is 0 Å². The number of amides is 1. The summed E-state index contributed by atoms with van der Waals surface area (Å²) in [6.45, 7) is 4.95. The zero-order valence-corrected chi connectivity index (χ0v) is 11.4. The van der Waals surface area contributed by atoms with E-state index in [1.165, 1.54) is 6.07 Å². The highest BCUT2D eigenvalue weighted by molar-refractivity contribution is 6.30. The van der Waals surface area contributed by atoms with Crippen molar-refractivity contribution in [3.63, 3.8) is 0 Å². The first-order valence-corrected chi connectivity index (χ1v) is 6.66. The highest BCUT2D eigenvalue weighted by atomic mass is 35.5.